The van der Waals surface area contributed by atoms with Crippen LogP contribution in [0.5, 0.6) is 0 Å². The van der Waals surface area contributed by atoms with Gasteiger partial charge in [0.1, 0.15) is 5.60 Å². The Bertz CT molecular complexity index is 408. The molecule has 0 spiro atoms. The summed E-state index contributed by atoms with van der Waals surface area (Å²) in [6.45, 7) is 9.89. The van der Waals surface area contributed by atoms with Crippen LogP contribution in [0, 0.1) is 0 Å². The number of hydrogen-bond acceptors (Lipinski definition) is 2. The first-order valence-corrected chi connectivity index (χ1v) is 6.21. The molecule has 2 N–H and O–H groups in total. The summed E-state index contributed by atoms with van der Waals surface area (Å²) in [7, 11) is 0. The minimum absolute atomic E-state index is 0.134. The van der Waals surface area contributed by atoms with Crippen LogP contribution in [0.3, 0.4) is 0 Å². The van der Waals surface area contributed by atoms with Gasteiger partial charge in [0.05, 0.1) is 0 Å². The molecule has 0 fully saturated rings. The molecule has 1 amide bonds. The molecule has 1 aromatic rings. The van der Waals surface area contributed by atoms with E-state index in [4.69, 9.17) is 0 Å². The van der Waals surface area contributed by atoms with Crippen LogP contribution in [0.25, 0.3) is 0 Å². The third-order valence-electron chi connectivity index (χ3n) is 2.83. The Balaban J connectivity index is 2.63. The first-order valence-electron chi connectivity index (χ1n) is 6.21. The van der Waals surface area contributed by atoms with E-state index in [0.29, 0.717) is 6.54 Å². The van der Waals surface area contributed by atoms with Gasteiger partial charge in [-0.2, -0.15) is 0 Å². The second-order valence-electron chi connectivity index (χ2n) is 6.19. The van der Waals surface area contributed by atoms with Gasteiger partial charge in [0.15, 0.2) is 0 Å². The molecule has 3 nitrogen and oxygen atoms in total. The molecule has 18 heavy (non-hydrogen) atoms. The molecular formula is C15H23NO2. The standard InChI is InChI=1S/C15H23NO2/c1-14(2,3)12-8-6-11(7-9-12)10-16-13(17)15(4,5)18/h6-9,18H,10H2,1-5H3,(H,16,17). The Morgan fingerprint density at radius 3 is 2.00 bits per heavy atom. The number of hydrogen-bond donors (Lipinski definition) is 2. The highest BCUT2D eigenvalue weighted by atomic mass is 16.3. The van der Waals surface area contributed by atoms with E-state index < -0.39 is 5.60 Å². The summed E-state index contributed by atoms with van der Waals surface area (Å²) in [4.78, 5) is 11.5. The van der Waals surface area contributed by atoms with Gasteiger partial charge in [-0.25, -0.2) is 0 Å². The maximum Gasteiger partial charge on any atom is 0.251 e. The lowest BCUT2D eigenvalue weighted by Crippen LogP contribution is -2.41. The van der Waals surface area contributed by atoms with E-state index >= 15 is 0 Å². The van der Waals surface area contributed by atoms with Crippen molar-refractivity contribution in [2.75, 3.05) is 0 Å². The van der Waals surface area contributed by atoms with E-state index in [-0.39, 0.29) is 11.3 Å². The van der Waals surface area contributed by atoms with Crippen molar-refractivity contribution in [2.24, 2.45) is 0 Å². The average molecular weight is 249 g/mol. The van der Waals surface area contributed by atoms with Crippen molar-refractivity contribution in [3.8, 4) is 0 Å². The van der Waals surface area contributed by atoms with E-state index in [2.05, 4.69) is 38.2 Å². The fourth-order valence-corrected chi connectivity index (χ4v) is 1.52. The third kappa shape index (κ3) is 4.15. The Labute approximate surface area is 109 Å². The quantitative estimate of drug-likeness (QED) is 0.864. The van der Waals surface area contributed by atoms with Gasteiger partial charge >= 0.3 is 0 Å². The van der Waals surface area contributed by atoms with Gasteiger partial charge < -0.3 is 10.4 Å². The van der Waals surface area contributed by atoms with Crippen LogP contribution in [-0.4, -0.2) is 16.6 Å². The number of carbonyl (C=O) groups excluding carboxylic acids is 1. The average Bonchev–Trinajstić information content (AvgIpc) is 2.24. The van der Waals surface area contributed by atoms with Crippen molar-refractivity contribution in [3.63, 3.8) is 0 Å². The minimum Gasteiger partial charge on any atom is -0.381 e. The van der Waals surface area contributed by atoms with Crippen LogP contribution in [0.1, 0.15) is 45.7 Å². The minimum atomic E-state index is -1.33. The van der Waals surface area contributed by atoms with Crippen molar-refractivity contribution in [2.45, 2.75) is 52.2 Å². The molecule has 0 heterocycles. The Kier molecular flexibility index (Phi) is 4.17. The molecule has 1 aromatic carbocycles. The van der Waals surface area contributed by atoms with Crippen molar-refractivity contribution in [1.29, 1.82) is 0 Å². The highest BCUT2D eigenvalue weighted by Gasteiger charge is 2.23. The molecule has 0 aliphatic rings. The third-order valence-corrected chi connectivity index (χ3v) is 2.83. The lowest BCUT2D eigenvalue weighted by atomic mass is 9.87. The molecular weight excluding hydrogens is 226 g/mol. The molecule has 0 aliphatic heterocycles. The Hall–Kier alpha value is -1.35. The second-order valence-corrected chi connectivity index (χ2v) is 6.19. The van der Waals surface area contributed by atoms with Gasteiger partial charge in [0.25, 0.3) is 5.91 Å². The maximum absolute atomic E-state index is 11.5. The monoisotopic (exact) mass is 249 g/mol. The predicted octanol–water partition coefficient (Wildman–Crippen LogP) is 2.37. The number of carbonyl (C=O) groups is 1. The topological polar surface area (TPSA) is 49.3 Å². The zero-order valence-electron chi connectivity index (χ0n) is 11.9. The van der Waals surface area contributed by atoms with Gasteiger partial charge in [-0.05, 0) is 30.4 Å². The van der Waals surface area contributed by atoms with Gasteiger partial charge in [-0.3, -0.25) is 4.79 Å². The Morgan fingerprint density at radius 2 is 1.61 bits per heavy atom. The molecule has 0 atom stereocenters. The summed E-state index contributed by atoms with van der Waals surface area (Å²) in [6, 6.07) is 8.16. The van der Waals surface area contributed by atoms with E-state index in [1.807, 2.05) is 12.1 Å². The summed E-state index contributed by atoms with van der Waals surface area (Å²) in [5, 5.41) is 12.2. The van der Waals surface area contributed by atoms with Crippen LogP contribution in [-0.2, 0) is 16.8 Å². The fourth-order valence-electron chi connectivity index (χ4n) is 1.52. The number of nitrogens with one attached hydrogen (secondary N) is 1. The molecule has 0 aliphatic carbocycles. The molecule has 0 bridgehead atoms. The maximum atomic E-state index is 11.5. The lowest BCUT2D eigenvalue weighted by Gasteiger charge is -2.20. The van der Waals surface area contributed by atoms with Gasteiger partial charge in [-0.1, -0.05) is 45.0 Å². The van der Waals surface area contributed by atoms with Crippen LogP contribution < -0.4 is 5.32 Å². The van der Waals surface area contributed by atoms with E-state index in [1.165, 1.54) is 19.4 Å². The van der Waals surface area contributed by atoms with E-state index in [9.17, 15) is 9.90 Å². The van der Waals surface area contributed by atoms with Crippen LogP contribution in [0.15, 0.2) is 24.3 Å². The van der Waals surface area contributed by atoms with Gasteiger partial charge in [-0.15, -0.1) is 0 Å². The van der Waals surface area contributed by atoms with Gasteiger partial charge in [0, 0.05) is 6.54 Å². The highest BCUT2D eigenvalue weighted by Crippen LogP contribution is 2.22. The zero-order valence-corrected chi connectivity index (χ0v) is 11.9. The normalized spacial score (nSPS) is 12.3. The summed E-state index contributed by atoms with van der Waals surface area (Å²) < 4.78 is 0. The number of rotatable bonds is 3. The fraction of sp³-hybridized carbons (Fsp3) is 0.533. The van der Waals surface area contributed by atoms with E-state index in [1.54, 1.807) is 0 Å². The van der Waals surface area contributed by atoms with Crippen LogP contribution >= 0.6 is 0 Å². The smallest absolute Gasteiger partial charge is 0.251 e. The van der Waals surface area contributed by atoms with Gasteiger partial charge in [0.2, 0.25) is 0 Å². The SMILES string of the molecule is CC(C)(O)C(=O)NCc1ccc(C(C)(C)C)cc1. The Morgan fingerprint density at radius 1 is 1.11 bits per heavy atom. The molecule has 100 valence electrons. The summed E-state index contributed by atoms with van der Waals surface area (Å²) in [6.07, 6.45) is 0. The van der Waals surface area contributed by atoms with Crippen LogP contribution in [0.2, 0.25) is 0 Å². The van der Waals surface area contributed by atoms with Crippen molar-refractivity contribution >= 4 is 5.91 Å². The molecule has 0 saturated carbocycles. The number of aliphatic hydroxyl groups is 1. The second kappa shape index (κ2) is 5.11. The predicted molar refractivity (Wildman–Crippen MR) is 73.3 cm³/mol. The summed E-state index contributed by atoms with van der Waals surface area (Å²) in [5.74, 6) is -0.359. The van der Waals surface area contributed by atoms with Crippen LogP contribution in [0.4, 0.5) is 0 Å². The van der Waals surface area contributed by atoms with Crippen molar-refractivity contribution < 1.29 is 9.90 Å². The number of amides is 1. The van der Waals surface area contributed by atoms with E-state index in [0.717, 1.165) is 5.56 Å². The molecule has 0 aromatic heterocycles. The molecule has 0 saturated heterocycles. The van der Waals surface area contributed by atoms with Crippen molar-refractivity contribution in [3.05, 3.63) is 35.4 Å². The largest absolute Gasteiger partial charge is 0.381 e. The highest BCUT2D eigenvalue weighted by molar-refractivity contribution is 5.83. The molecule has 3 heteroatoms. The van der Waals surface area contributed by atoms with Crippen molar-refractivity contribution in [1.82, 2.24) is 5.32 Å². The first-order chi connectivity index (χ1) is 8.10. The lowest BCUT2D eigenvalue weighted by molar-refractivity contribution is -0.136. The molecule has 1 rings (SSSR count). The number of benzene rings is 1. The molecule has 0 unspecified atom stereocenters. The first kappa shape index (κ1) is 14.7. The summed E-state index contributed by atoms with van der Waals surface area (Å²) >= 11 is 0. The summed E-state index contributed by atoms with van der Waals surface area (Å²) in [5.41, 5.74) is 1.10. The zero-order chi connectivity index (χ0) is 14.0. The molecule has 0 radical (unpaired) electrons.